The van der Waals surface area contributed by atoms with Gasteiger partial charge in [-0.3, -0.25) is 14.4 Å². The average Bonchev–Trinajstić information content (AvgIpc) is 3.31. The molecule has 366 valence electrons. The second-order valence-electron chi connectivity index (χ2n) is 16.1. The topological polar surface area (TPSA) is 78.9 Å². The number of esters is 3. The first-order valence-corrected chi connectivity index (χ1v) is 25.6. The molecule has 0 aliphatic rings. The monoisotopic (exact) mass is 907 g/mol. The summed E-state index contributed by atoms with van der Waals surface area (Å²) in [5.74, 6) is -1.06. The second-order valence-corrected chi connectivity index (χ2v) is 16.1. The number of hydrogen-bond donors (Lipinski definition) is 0. The maximum absolute atomic E-state index is 12.8. The second kappa shape index (κ2) is 52.7. The standard InChI is InChI=1S/C60H90O6/c1-4-7-10-13-16-19-22-25-27-29-30-32-33-35-38-41-44-47-50-53-59(62)65-56-57(55-64-58(61)52-49-46-43-40-37-24-21-18-15-12-9-6-3)66-60(63)54-51-48-45-42-39-36-34-31-28-26-23-20-17-14-11-8-5-2/h7,9-10,12-13,16-22,25-30,32-36,38,42,45,57H,4-6,8,11,14-15,23-24,31,37,39-41,43-44,46-56H2,1-3H3/b10-7-,12-9-,16-13-,20-17-,21-18-,22-19-,27-25-,28-26-,30-29+,33-32-,36-34-,38-35-,45-42-. The highest BCUT2D eigenvalue weighted by Crippen LogP contribution is 2.11. The van der Waals surface area contributed by atoms with Crippen LogP contribution in [0.2, 0.25) is 0 Å². The van der Waals surface area contributed by atoms with Gasteiger partial charge in [0.05, 0.1) is 0 Å². The average molecular weight is 907 g/mol. The summed E-state index contributed by atoms with van der Waals surface area (Å²) >= 11 is 0. The lowest BCUT2D eigenvalue weighted by molar-refractivity contribution is -0.167. The Hall–Kier alpha value is -4.97. The van der Waals surface area contributed by atoms with Gasteiger partial charge in [0.25, 0.3) is 0 Å². The van der Waals surface area contributed by atoms with Gasteiger partial charge < -0.3 is 14.2 Å². The third-order valence-electron chi connectivity index (χ3n) is 9.94. The molecule has 0 amide bonds. The summed E-state index contributed by atoms with van der Waals surface area (Å²) in [6.45, 7) is 6.22. The summed E-state index contributed by atoms with van der Waals surface area (Å²) < 4.78 is 16.7. The minimum absolute atomic E-state index is 0.130. The van der Waals surface area contributed by atoms with Crippen molar-refractivity contribution in [2.75, 3.05) is 13.2 Å². The van der Waals surface area contributed by atoms with E-state index in [2.05, 4.69) is 106 Å². The minimum Gasteiger partial charge on any atom is -0.462 e. The Balaban J connectivity index is 4.63. The molecule has 0 fully saturated rings. The first-order valence-electron chi connectivity index (χ1n) is 25.6. The number of carbonyl (C=O) groups is 3. The van der Waals surface area contributed by atoms with Crippen molar-refractivity contribution in [2.45, 2.75) is 187 Å². The van der Waals surface area contributed by atoms with E-state index in [1.165, 1.54) is 25.7 Å². The normalized spacial score (nSPS) is 13.4. The van der Waals surface area contributed by atoms with Crippen molar-refractivity contribution < 1.29 is 28.6 Å². The molecule has 0 spiro atoms. The third-order valence-corrected chi connectivity index (χ3v) is 9.94. The van der Waals surface area contributed by atoms with Crippen LogP contribution in [0.5, 0.6) is 0 Å². The summed E-state index contributed by atoms with van der Waals surface area (Å²) in [4.78, 5) is 38.0. The van der Waals surface area contributed by atoms with Crippen molar-refractivity contribution in [3.63, 3.8) is 0 Å². The van der Waals surface area contributed by atoms with Gasteiger partial charge in [0, 0.05) is 19.3 Å². The van der Waals surface area contributed by atoms with E-state index >= 15 is 0 Å². The predicted molar refractivity (Wildman–Crippen MR) is 283 cm³/mol. The highest BCUT2D eigenvalue weighted by Gasteiger charge is 2.19. The van der Waals surface area contributed by atoms with Crippen LogP contribution < -0.4 is 0 Å². The summed E-state index contributed by atoms with van der Waals surface area (Å²) in [6.07, 6.45) is 76.5. The Bertz CT molecular complexity index is 1560. The maximum Gasteiger partial charge on any atom is 0.306 e. The van der Waals surface area contributed by atoms with Crippen molar-refractivity contribution in [1.82, 2.24) is 0 Å². The fourth-order valence-electron chi connectivity index (χ4n) is 6.16. The van der Waals surface area contributed by atoms with Crippen LogP contribution >= 0.6 is 0 Å². The lowest BCUT2D eigenvalue weighted by atomic mass is 10.1. The van der Waals surface area contributed by atoms with Crippen LogP contribution in [0.1, 0.15) is 181 Å². The van der Waals surface area contributed by atoms with Gasteiger partial charge in [0.15, 0.2) is 6.10 Å². The van der Waals surface area contributed by atoms with Gasteiger partial charge in [0.2, 0.25) is 0 Å². The molecule has 0 saturated carbocycles. The molecule has 0 heterocycles. The van der Waals surface area contributed by atoms with Gasteiger partial charge in [-0.2, -0.15) is 0 Å². The molecule has 6 nitrogen and oxygen atoms in total. The maximum atomic E-state index is 12.8. The zero-order valence-electron chi connectivity index (χ0n) is 41.6. The molecule has 0 aromatic heterocycles. The summed E-state index contributed by atoms with van der Waals surface area (Å²) in [5.41, 5.74) is 0. The van der Waals surface area contributed by atoms with Crippen molar-refractivity contribution >= 4 is 17.9 Å². The molecule has 0 aromatic rings. The van der Waals surface area contributed by atoms with Gasteiger partial charge in [-0.1, -0.05) is 217 Å². The molecule has 0 aliphatic carbocycles. The Morgan fingerprint density at radius 3 is 1.17 bits per heavy atom. The highest BCUT2D eigenvalue weighted by atomic mass is 16.6. The van der Waals surface area contributed by atoms with E-state index in [9.17, 15) is 14.4 Å². The number of ether oxygens (including phenoxy) is 3. The quantitative estimate of drug-likeness (QED) is 0.0199. The number of unbranched alkanes of at least 4 members (excludes halogenated alkanes) is 12. The van der Waals surface area contributed by atoms with Gasteiger partial charge in [-0.05, 0) is 103 Å². The molecule has 66 heavy (non-hydrogen) atoms. The van der Waals surface area contributed by atoms with E-state index in [0.717, 1.165) is 103 Å². The Morgan fingerprint density at radius 1 is 0.333 bits per heavy atom. The van der Waals surface area contributed by atoms with E-state index in [1.54, 1.807) is 0 Å². The summed E-state index contributed by atoms with van der Waals surface area (Å²) in [5, 5.41) is 0. The molecule has 1 atom stereocenters. The van der Waals surface area contributed by atoms with Crippen molar-refractivity contribution in [3.05, 3.63) is 158 Å². The Kier molecular flexibility index (Phi) is 48.7. The first-order chi connectivity index (χ1) is 32.5. The van der Waals surface area contributed by atoms with E-state index in [1.807, 2.05) is 72.9 Å². The van der Waals surface area contributed by atoms with Gasteiger partial charge in [-0.25, -0.2) is 0 Å². The molecule has 0 bridgehead atoms. The Morgan fingerprint density at radius 2 is 0.682 bits per heavy atom. The van der Waals surface area contributed by atoms with Crippen molar-refractivity contribution in [3.8, 4) is 0 Å². The molecule has 0 aromatic carbocycles. The zero-order chi connectivity index (χ0) is 47.9. The molecular formula is C60H90O6. The zero-order valence-corrected chi connectivity index (χ0v) is 41.6. The van der Waals surface area contributed by atoms with Crippen LogP contribution in [0, 0.1) is 0 Å². The molecule has 0 aliphatic heterocycles. The molecule has 0 rings (SSSR count). The lowest BCUT2D eigenvalue weighted by Crippen LogP contribution is -2.30. The molecule has 0 N–H and O–H groups in total. The Labute approximate surface area is 403 Å². The highest BCUT2D eigenvalue weighted by molar-refractivity contribution is 5.71. The summed E-state index contributed by atoms with van der Waals surface area (Å²) in [7, 11) is 0. The fraction of sp³-hybridized carbons (Fsp3) is 0.517. The SMILES string of the molecule is CC\C=C/C=C\C=C/C=C\C=C\C=C/C=C\CCCCCC(=O)OCC(COC(=O)CCCCCCC/C=C\C/C=C\CC)OC(=O)CCC/C=C\C/C=C\C/C=C\C/C=C\CCCCC. The van der Waals surface area contributed by atoms with Crippen LogP contribution in [0.15, 0.2) is 158 Å². The minimum atomic E-state index is -0.839. The smallest absolute Gasteiger partial charge is 0.306 e. The number of allylic oxidation sites excluding steroid dienone is 26. The molecular weight excluding hydrogens is 817 g/mol. The lowest BCUT2D eigenvalue weighted by Gasteiger charge is -2.18. The number of hydrogen-bond acceptors (Lipinski definition) is 6. The molecule has 1 unspecified atom stereocenters. The van der Waals surface area contributed by atoms with Crippen LogP contribution in [0.3, 0.4) is 0 Å². The van der Waals surface area contributed by atoms with Crippen LogP contribution in [-0.2, 0) is 28.6 Å². The number of rotatable bonds is 43. The van der Waals surface area contributed by atoms with E-state index in [0.29, 0.717) is 19.3 Å². The fourth-order valence-corrected chi connectivity index (χ4v) is 6.16. The van der Waals surface area contributed by atoms with Crippen LogP contribution in [0.25, 0.3) is 0 Å². The van der Waals surface area contributed by atoms with E-state index < -0.39 is 12.1 Å². The molecule has 6 heteroatoms. The van der Waals surface area contributed by atoms with Gasteiger partial charge >= 0.3 is 17.9 Å². The van der Waals surface area contributed by atoms with Crippen LogP contribution in [0.4, 0.5) is 0 Å². The van der Waals surface area contributed by atoms with Gasteiger partial charge in [0.1, 0.15) is 13.2 Å². The molecule has 0 radical (unpaired) electrons. The third kappa shape index (κ3) is 50.0. The number of carbonyl (C=O) groups excluding carboxylic acids is 3. The summed E-state index contributed by atoms with van der Waals surface area (Å²) in [6, 6.07) is 0. The van der Waals surface area contributed by atoms with Crippen molar-refractivity contribution in [1.29, 1.82) is 0 Å². The van der Waals surface area contributed by atoms with Crippen molar-refractivity contribution in [2.24, 2.45) is 0 Å². The van der Waals surface area contributed by atoms with E-state index in [4.69, 9.17) is 14.2 Å². The van der Waals surface area contributed by atoms with Gasteiger partial charge in [-0.15, -0.1) is 0 Å². The predicted octanol–water partition coefficient (Wildman–Crippen LogP) is 17.0. The molecule has 0 saturated heterocycles. The first kappa shape index (κ1) is 61.0. The van der Waals surface area contributed by atoms with E-state index in [-0.39, 0.29) is 38.0 Å². The van der Waals surface area contributed by atoms with Crippen LogP contribution in [-0.4, -0.2) is 37.2 Å². The largest absolute Gasteiger partial charge is 0.462 e.